The summed E-state index contributed by atoms with van der Waals surface area (Å²) in [7, 11) is 3.62. The van der Waals surface area contributed by atoms with E-state index >= 15 is 0 Å². The number of aryl methyl sites for hydroxylation is 2. The number of anilines is 1. The lowest BCUT2D eigenvalue weighted by atomic mass is 10.2. The van der Waals surface area contributed by atoms with Crippen LogP contribution in [0.2, 0.25) is 0 Å². The van der Waals surface area contributed by atoms with E-state index in [1.54, 1.807) is 7.11 Å². The first-order valence-corrected chi connectivity index (χ1v) is 7.05. The summed E-state index contributed by atoms with van der Waals surface area (Å²) in [5.74, 6) is 0.855. The number of hydrogen-bond donors (Lipinski definition) is 1. The zero-order chi connectivity index (χ0) is 15.2. The Morgan fingerprint density at radius 1 is 1.24 bits per heavy atom. The summed E-state index contributed by atoms with van der Waals surface area (Å²) in [6.07, 6.45) is 1.89. The maximum Gasteiger partial charge on any atom is 0.142 e. The molecule has 1 N–H and O–H groups in total. The lowest BCUT2D eigenvalue weighted by Crippen LogP contribution is -2.08. The number of nitrogens with zero attached hydrogens (tertiary/aromatic N) is 2. The van der Waals surface area contributed by atoms with Crippen LogP contribution >= 0.6 is 0 Å². The van der Waals surface area contributed by atoms with Crippen LogP contribution in [0.15, 0.2) is 24.4 Å². The van der Waals surface area contributed by atoms with Crippen LogP contribution in [0, 0.1) is 13.8 Å². The Labute approximate surface area is 125 Å². The van der Waals surface area contributed by atoms with Crippen molar-refractivity contribution in [1.29, 1.82) is 0 Å². The SMILES string of the molecule is COCCOc1cc(C)ccc1NCc1cnn(C)c1C. The highest BCUT2D eigenvalue weighted by Crippen LogP contribution is 2.26. The Bertz CT molecular complexity index is 593. The molecule has 1 heterocycles. The Balaban J connectivity index is 2.06. The van der Waals surface area contributed by atoms with Crippen LogP contribution in [-0.2, 0) is 18.3 Å². The van der Waals surface area contributed by atoms with E-state index in [9.17, 15) is 0 Å². The second kappa shape index (κ2) is 7.13. The molecular weight excluding hydrogens is 266 g/mol. The van der Waals surface area contributed by atoms with Gasteiger partial charge in [-0.05, 0) is 31.5 Å². The van der Waals surface area contributed by atoms with E-state index in [0.29, 0.717) is 13.2 Å². The molecule has 0 aliphatic rings. The van der Waals surface area contributed by atoms with Crippen LogP contribution in [0.3, 0.4) is 0 Å². The molecule has 0 aliphatic heterocycles. The molecule has 2 aromatic rings. The predicted octanol–water partition coefficient (Wildman–Crippen LogP) is 2.67. The molecule has 0 atom stereocenters. The lowest BCUT2D eigenvalue weighted by molar-refractivity contribution is 0.146. The average molecular weight is 289 g/mol. The summed E-state index contributed by atoms with van der Waals surface area (Å²) in [5, 5.41) is 7.67. The van der Waals surface area contributed by atoms with Gasteiger partial charge in [0, 0.05) is 32.0 Å². The minimum Gasteiger partial charge on any atom is -0.489 e. The van der Waals surface area contributed by atoms with Crippen molar-refractivity contribution in [2.45, 2.75) is 20.4 Å². The van der Waals surface area contributed by atoms with Crippen molar-refractivity contribution in [2.24, 2.45) is 7.05 Å². The lowest BCUT2D eigenvalue weighted by Gasteiger charge is -2.14. The normalized spacial score (nSPS) is 10.7. The second-order valence-corrected chi connectivity index (χ2v) is 5.07. The minimum absolute atomic E-state index is 0.542. The van der Waals surface area contributed by atoms with Crippen LogP contribution < -0.4 is 10.1 Å². The van der Waals surface area contributed by atoms with Gasteiger partial charge in [0.1, 0.15) is 12.4 Å². The molecular formula is C16H23N3O2. The Kier molecular flexibility index (Phi) is 5.22. The molecule has 0 aliphatic carbocycles. The maximum absolute atomic E-state index is 5.77. The van der Waals surface area contributed by atoms with Gasteiger partial charge in [-0.25, -0.2) is 0 Å². The third kappa shape index (κ3) is 3.98. The number of aromatic nitrogens is 2. The van der Waals surface area contributed by atoms with Gasteiger partial charge in [-0.3, -0.25) is 4.68 Å². The minimum atomic E-state index is 0.542. The first kappa shape index (κ1) is 15.4. The van der Waals surface area contributed by atoms with E-state index in [4.69, 9.17) is 9.47 Å². The van der Waals surface area contributed by atoms with Crippen molar-refractivity contribution in [1.82, 2.24) is 9.78 Å². The van der Waals surface area contributed by atoms with Gasteiger partial charge >= 0.3 is 0 Å². The number of benzene rings is 1. The first-order chi connectivity index (χ1) is 10.1. The quantitative estimate of drug-likeness (QED) is 0.796. The molecule has 1 aromatic carbocycles. The van der Waals surface area contributed by atoms with E-state index in [2.05, 4.69) is 30.3 Å². The van der Waals surface area contributed by atoms with Gasteiger partial charge in [-0.1, -0.05) is 6.07 Å². The molecule has 0 saturated heterocycles. The molecule has 0 bridgehead atoms. The van der Waals surface area contributed by atoms with Crippen molar-refractivity contribution in [2.75, 3.05) is 25.6 Å². The molecule has 0 unspecified atom stereocenters. The van der Waals surface area contributed by atoms with Gasteiger partial charge in [0.2, 0.25) is 0 Å². The van der Waals surface area contributed by atoms with Crippen molar-refractivity contribution >= 4 is 5.69 Å². The van der Waals surface area contributed by atoms with Crippen molar-refractivity contribution in [3.8, 4) is 5.75 Å². The van der Waals surface area contributed by atoms with Gasteiger partial charge in [0.15, 0.2) is 0 Å². The standard InChI is InChI=1S/C16H23N3O2/c1-12-5-6-15(16(9-12)21-8-7-20-4)17-10-14-11-18-19(3)13(14)2/h5-6,9,11,17H,7-8,10H2,1-4H3. The largest absolute Gasteiger partial charge is 0.489 e. The van der Waals surface area contributed by atoms with Crippen LogP contribution in [0.5, 0.6) is 5.75 Å². The highest BCUT2D eigenvalue weighted by atomic mass is 16.5. The summed E-state index contributed by atoms with van der Waals surface area (Å²) in [6.45, 7) is 5.96. The monoisotopic (exact) mass is 289 g/mol. The Hall–Kier alpha value is -2.01. The fourth-order valence-corrected chi connectivity index (χ4v) is 2.04. The smallest absolute Gasteiger partial charge is 0.142 e. The number of ether oxygens (including phenoxy) is 2. The summed E-state index contributed by atoms with van der Waals surface area (Å²) in [6, 6.07) is 6.15. The number of nitrogens with one attached hydrogen (secondary N) is 1. The molecule has 0 amide bonds. The third-order valence-corrected chi connectivity index (χ3v) is 3.49. The van der Waals surface area contributed by atoms with Gasteiger partial charge in [-0.2, -0.15) is 5.10 Å². The molecule has 0 spiro atoms. The van der Waals surface area contributed by atoms with Crippen molar-refractivity contribution in [3.05, 3.63) is 41.2 Å². The zero-order valence-electron chi connectivity index (χ0n) is 13.1. The molecule has 0 radical (unpaired) electrons. The van der Waals surface area contributed by atoms with Crippen molar-refractivity contribution < 1.29 is 9.47 Å². The molecule has 2 rings (SSSR count). The summed E-state index contributed by atoms with van der Waals surface area (Å²) < 4.78 is 12.7. The van der Waals surface area contributed by atoms with E-state index in [0.717, 1.165) is 23.7 Å². The number of rotatable bonds is 7. The van der Waals surface area contributed by atoms with Crippen LogP contribution in [0.1, 0.15) is 16.8 Å². The average Bonchev–Trinajstić information content (AvgIpc) is 2.78. The number of hydrogen-bond acceptors (Lipinski definition) is 4. The van der Waals surface area contributed by atoms with E-state index in [-0.39, 0.29) is 0 Å². The second-order valence-electron chi connectivity index (χ2n) is 5.07. The Morgan fingerprint density at radius 3 is 2.71 bits per heavy atom. The van der Waals surface area contributed by atoms with Crippen LogP contribution in [0.4, 0.5) is 5.69 Å². The van der Waals surface area contributed by atoms with Gasteiger partial charge in [0.25, 0.3) is 0 Å². The molecule has 21 heavy (non-hydrogen) atoms. The van der Waals surface area contributed by atoms with E-state index in [1.165, 1.54) is 11.1 Å². The summed E-state index contributed by atoms with van der Waals surface area (Å²) in [4.78, 5) is 0. The maximum atomic E-state index is 5.77. The summed E-state index contributed by atoms with van der Waals surface area (Å²) >= 11 is 0. The highest BCUT2D eigenvalue weighted by molar-refractivity contribution is 5.58. The van der Waals surface area contributed by atoms with Gasteiger partial charge < -0.3 is 14.8 Å². The highest BCUT2D eigenvalue weighted by Gasteiger charge is 2.07. The van der Waals surface area contributed by atoms with E-state index in [1.807, 2.05) is 30.1 Å². The fourth-order valence-electron chi connectivity index (χ4n) is 2.04. The summed E-state index contributed by atoms with van der Waals surface area (Å²) in [5.41, 5.74) is 4.50. The molecule has 1 aromatic heterocycles. The van der Waals surface area contributed by atoms with E-state index < -0.39 is 0 Å². The molecule has 114 valence electrons. The molecule has 0 saturated carbocycles. The molecule has 0 fully saturated rings. The fraction of sp³-hybridized carbons (Fsp3) is 0.438. The van der Waals surface area contributed by atoms with Gasteiger partial charge in [0.05, 0.1) is 18.5 Å². The van der Waals surface area contributed by atoms with Gasteiger partial charge in [-0.15, -0.1) is 0 Å². The molecule has 5 heteroatoms. The number of methoxy groups -OCH3 is 1. The topological polar surface area (TPSA) is 48.3 Å². The first-order valence-electron chi connectivity index (χ1n) is 7.05. The van der Waals surface area contributed by atoms with Crippen molar-refractivity contribution in [3.63, 3.8) is 0 Å². The molecule has 5 nitrogen and oxygen atoms in total. The zero-order valence-corrected chi connectivity index (χ0v) is 13.1. The van der Waals surface area contributed by atoms with Crippen LogP contribution in [-0.4, -0.2) is 30.1 Å². The Morgan fingerprint density at radius 2 is 2.05 bits per heavy atom. The predicted molar refractivity (Wildman–Crippen MR) is 83.8 cm³/mol. The third-order valence-electron chi connectivity index (χ3n) is 3.49. The van der Waals surface area contributed by atoms with Crippen LogP contribution in [0.25, 0.3) is 0 Å².